The van der Waals surface area contributed by atoms with E-state index in [0.717, 1.165) is 0 Å². The molecule has 0 bridgehead atoms. The molecule has 1 aromatic carbocycles. The lowest BCUT2D eigenvalue weighted by Gasteiger charge is -2.18. The van der Waals surface area contributed by atoms with Crippen molar-refractivity contribution >= 4 is 15.7 Å². The molecule has 7 nitrogen and oxygen atoms in total. The Bertz CT molecular complexity index is 615. The maximum Gasteiger partial charge on any atom is 0.221 e. The number of carbonyl (C=O) groups is 1. The Kier molecular flexibility index (Phi) is 5.03. The minimum absolute atomic E-state index is 0.100. The van der Waals surface area contributed by atoms with Crippen LogP contribution >= 0.6 is 0 Å². The van der Waals surface area contributed by atoms with Gasteiger partial charge in [0.15, 0.2) is 21.3 Å². The molecule has 3 N–H and O–H groups in total. The lowest BCUT2D eigenvalue weighted by atomic mass is 10.3. The number of benzene rings is 1. The molecule has 0 spiro atoms. The largest absolute Gasteiger partial charge is 0.486 e. The van der Waals surface area contributed by atoms with Gasteiger partial charge in [0, 0.05) is 25.6 Å². The maximum absolute atomic E-state index is 12.2. The first-order chi connectivity index (χ1) is 10.0. The summed E-state index contributed by atoms with van der Waals surface area (Å²) in [5, 5.41) is 2.53. The molecule has 1 aliphatic rings. The van der Waals surface area contributed by atoms with E-state index in [0.29, 0.717) is 37.8 Å². The average Bonchev–Trinajstić information content (AvgIpc) is 2.50. The first kappa shape index (κ1) is 15.6. The van der Waals surface area contributed by atoms with Crippen LogP contribution in [0.2, 0.25) is 0 Å². The highest BCUT2D eigenvalue weighted by Gasteiger charge is 2.20. The number of nitrogens with one attached hydrogen (secondary N) is 1. The van der Waals surface area contributed by atoms with Crippen molar-refractivity contribution in [2.24, 2.45) is 5.73 Å². The van der Waals surface area contributed by atoms with Gasteiger partial charge in [0.1, 0.15) is 13.2 Å². The standard InChI is InChI=1S/C13H18N2O5S/c14-4-5-15-13(16)3-8-21(17,18)10-1-2-11-12(9-10)20-7-6-19-11/h1-2,9H,3-8,14H2,(H,15,16). The van der Waals surface area contributed by atoms with Crippen LogP contribution < -0.4 is 20.5 Å². The molecule has 0 saturated carbocycles. The number of hydrogen-bond acceptors (Lipinski definition) is 6. The number of nitrogens with two attached hydrogens (primary N) is 1. The van der Waals surface area contributed by atoms with Crippen LogP contribution in [0, 0.1) is 0 Å². The van der Waals surface area contributed by atoms with Gasteiger partial charge in [-0.25, -0.2) is 8.42 Å². The van der Waals surface area contributed by atoms with Crippen LogP contribution in [-0.4, -0.2) is 46.4 Å². The van der Waals surface area contributed by atoms with Crippen LogP contribution in [0.1, 0.15) is 6.42 Å². The zero-order valence-corrected chi connectivity index (χ0v) is 12.3. The van der Waals surface area contributed by atoms with E-state index in [-0.39, 0.29) is 23.0 Å². The zero-order valence-electron chi connectivity index (χ0n) is 11.5. The van der Waals surface area contributed by atoms with Gasteiger partial charge in [0.2, 0.25) is 5.91 Å². The first-order valence-corrected chi connectivity index (χ1v) is 8.27. The number of carbonyl (C=O) groups excluding carboxylic acids is 1. The van der Waals surface area contributed by atoms with Crippen LogP contribution in [0.5, 0.6) is 11.5 Å². The highest BCUT2D eigenvalue weighted by molar-refractivity contribution is 7.91. The molecule has 1 aromatic rings. The summed E-state index contributed by atoms with van der Waals surface area (Å²) in [7, 11) is -3.54. The van der Waals surface area contributed by atoms with Gasteiger partial charge in [0.05, 0.1) is 10.6 Å². The summed E-state index contributed by atoms with van der Waals surface area (Å²) in [4.78, 5) is 11.6. The molecule has 2 rings (SSSR count). The molecule has 8 heteroatoms. The van der Waals surface area contributed by atoms with Crippen molar-refractivity contribution in [2.45, 2.75) is 11.3 Å². The third-order valence-electron chi connectivity index (χ3n) is 2.94. The van der Waals surface area contributed by atoms with Gasteiger partial charge in [-0.2, -0.15) is 0 Å². The van der Waals surface area contributed by atoms with Crippen molar-refractivity contribution < 1.29 is 22.7 Å². The Hall–Kier alpha value is -1.80. The first-order valence-electron chi connectivity index (χ1n) is 6.62. The molecular weight excluding hydrogens is 296 g/mol. The molecule has 0 unspecified atom stereocenters. The van der Waals surface area contributed by atoms with Crippen molar-refractivity contribution in [3.63, 3.8) is 0 Å². The fraction of sp³-hybridized carbons (Fsp3) is 0.462. The molecule has 0 saturated heterocycles. The number of hydrogen-bond donors (Lipinski definition) is 2. The molecule has 116 valence electrons. The zero-order chi connectivity index (χ0) is 15.3. The molecule has 0 fully saturated rings. The third-order valence-corrected chi connectivity index (χ3v) is 4.65. The van der Waals surface area contributed by atoms with Crippen LogP contribution in [-0.2, 0) is 14.6 Å². The van der Waals surface area contributed by atoms with Gasteiger partial charge >= 0.3 is 0 Å². The lowest BCUT2D eigenvalue weighted by molar-refractivity contribution is -0.120. The van der Waals surface area contributed by atoms with Crippen LogP contribution in [0.25, 0.3) is 0 Å². The molecule has 0 atom stereocenters. The number of sulfone groups is 1. The van der Waals surface area contributed by atoms with E-state index in [4.69, 9.17) is 15.2 Å². The smallest absolute Gasteiger partial charge is 0.221 e. The quantitative estimate of drug-likeness (QED) is 0.746. The average molecular weight is 314 g/mol. The predicted octanol–water partition coefficient (Wildman–Crippen LogP) is -0.303. The van der Waals surface area contributed by atoms with E-state index in [1.807, 2.05) is 0 Å². The molecular formula is C13H18N2O5S. The Morgan fingerprint density at radius 2 is 1.95 bits per heavy atom. The lowest BCUT2D eigenvalue weighted by Crippen LogP contribution is -2.30. The third kappa shape index (κ3) is 4.08. The SMILES string of the molecule is NCCNC(=O)CCS(=O)(=O)c1ccc2c(c1)OCCO2. The molecule has 1 amide bonds. The van der Waals surface area contributed by atoms with E-state index in [9.17, 15) is 13.2 Å². The Labute approximate surface area is 123 Å². The van der Waals surface area contributed by atoms with Crippen molar-refractivity contribution in [1.82, 2.24) is 5.32 Å². The van der Waals surface area contributed by atoms with E-state index >= 15 is 0 Å². The maximum atomic E-state index is 12.2. The van der Waals surface area contributed by atoms with E-state index in [1.165, 1.54) is 12.1 Å². The number of amides is 1. The second kappa shape index (κ2) is 6.77. The van der Waals surface area contributed by atoms with E-state index < -0.39 is 9.84 Å². The Balaban J connectivity index is 2.04. The van der Waals surface area contributed by atoms with Gasteiger partial charge in [-0.1, -0.05) is 0 Å². The summed E-state index contributed by atoms with van der Waals surface area (Å²) in [6, 6.07) is 4.46. The number of ether oxygens (including phenoxy) is 2. The van der Waals surface area contributed by atoms with Crippen molar-refractivity contribution in [3.8, 4) is 11.5 Å². The van der Waals surface area contributed by atoms with Crippen LogP contribution in [0.3, 0.4) is 0 Å². The van der Waals surface area contributed by atoms with Crippen LogP contribution in [0.4, 0.5) is 0 Å². The summed E-state index contributed by atoms with van der Waals surface area (Å²) in [6.07, 6.45) is -0.100. The fourth-order valence-corrected chi connectivity index (χ4v) is 3.11. The summed E-state index contributed by atoms with van der Waals surface area (Å²) in [5.74, 6) is 0.348. The molecule has 0 aliphatic carbocycles. The van der Waals surface area contributed by atoms with Crippen molar-refractivity contribution in [2.75, 3.05) is 32.1 Å². The predicted molar refractivity (Wildman–Crippen MR) is 76.2 cm³/mol. The highest BCUT2D eigenvalue weighted by atomic mass is 32.2. The van der Waals surface area contributed by atoms with E-state index in [2.05, 4.69) is 5.32 Å². The second-order valence-electron chi connectivity index (χ2n) is 4.51. The van der Waals surface area contributed by atoms with Gasteiger partial charge in [0.25, 0.3) is 0 Å². The summed E-state index contributed by atoms with van der Waals surface area (Å²) in [6.45, 7) is 1.49. The molecule has 1 heterocycles. The van der Waals surface area contributed by atoms with E-state index in [1.54, 1.807) is 6.07 Å². The summed E-state index contributed by atoms with van der Waals surface area (Å²) < 4.78 is 35.1. The molecule has 0 radical (unpaired) electrons. The molecule has 21 heavy (non-hydrogen) atoms. The minimum Gasteiger partial charge on any atom is -0.486 e. The summed E-state index contributed by atoms with van der Waals surface area (Å²) >= 11 is 0. The van der Waals surface area contributed by atoms with Gasteiger partial charge in [-0.3, -0.25) is 4.79 Å². The molecule has 0 aromatic heterocycles. The van der Waals surface area contributed by atoms with Gasteiger partial charge < -0.3 is 20.5 Å². The fourth-order valence-electron chi connectivity index (χ4n) is 1.86. The van der Waals surface area contributed by atoms with Crippen molar-refractivity contribution in [1.29, 1.82) is 0 Å². The Morgan fingerprint density at radius 1 is 1.24 bits per heavy atom. The van der Waals surface area contributed by atoms with Crippen LogP contribution in [0.15, 0.2) is 23.1 Å². The Morgan fingerprint density at radius 3 is 2.67 bits per heavy atom. The van der Waals surface area contributed by atoms with Crippen molar-refractivity contribution in [3.05, 3.63) is 18.2 Å². The van der Waals surface area contributed by atoms with Gasteiger partial charge in [-0.15, -0.1) is 0 Å². The minimum atomic E-state index is -3.54. The summed E-state index contributed by atoms with van der Waals surface area (Å²) in [5.41, 5.74) is 5.26. The van der Waals surface area contributed by atoms with Gasteiger partial charge in [-0.05, 0) is 12.1 Å². The molecule has 1 aliphatic heterocycles. The highest BCUT2D eigenvalue weighted by Crippen LogP contribution is 2.32. The normalized spacial score (nSPS) is 13.8. The number of fused-ring (bicyclic) bond motifs is 1. The topological polar surface area (TPSA) is 108 Å². The monoisotopic (exact) mass is 314 g/mol. The number of rotatable bonds is 6. The second-order valence-corrected chi connectivity index (χ2v) is 6.62.